The van der Waals surface area contributed by atoms with Gasteiger partial charge in [-0.25, -0.2) is 4.68 Å². The molecule has 0 saturated carbocycles. The lowest BCUT2D eigenvalue weighted by Gasteiger charge is -2.05. The standard InChI is InChI=1S/C29H23N5OS/c1-18-13-14-20(3)24(15-18)26-21(17-33(31-26)22-10-5-4-6-11-22)16-25-28(35)34-29(36-25)30-27(32-34)23-12-8-7-9-19(23)2/h4-17H,1-3H3. The van der Waals surface area contributed by atoms with Crippen LogP contribution in [0.3, 0.4) is 0 Å². The molecule has 3 heterocycles. The zero-order valence-electron chi connectivity index (χ0n) is 20.1. The van der Waals surface area contributed by atoms with Crippen LogP contribution >= 0.6 is 11.3 Å². The molecule has 6 rings (SSSR count). The summed E-state index contributed by atoms with van der Waals surface area (Å²) >= 11 is 1.34. The summed E-state index contributed by atoms with van der Waals surface area (Å²) < 4.78 is 3.83. The molecule has 36 heavy (non-hydrogen) atoms. The number of nitrogens with zero attached hydrogens (tertiary/aromatic N) is 5. The summed E-state index contributed by atoms with van der Waals surface area (Å²) in [4.78, 5) is 18.6. The Morgan fingerprint density at radius 2 is 1.58 bits per heavy atom. The Labute approximate surface area is 211 Å². The third-order valence-electron chi connectivity index (χ3n) is 6.27. The highest BCUT2D eigenvalue weighted by Crippen LogP contribution is 2.28. The lowest BCUT2D eigenvalue weighted by Crippen LogP contribution is -2.23. The molecule has 0 unspecified atom stereocenters. The third-order valence-corrected chi connectivity index (χ3v) is 7.23. The van der Waals surface area contributed by atoms with Crippen molar-refractivity contribution in [3.05, 3.63) is 116 Å². The maximum absolute atomic E-state index is 13.3. The zero-order valence-corrected chi connectivity index (χ0v) is 21.0. The van der Waals surface area contributed by atoms with Crippen LogP contribution in [0.5, 0.6) is 0 Å². The highest BCUT2D eigenvalue weighted by atomic mass is 32.1. The van der Waals surface area contributed by atoms with E-state index in [4.69, 9.17) is 5.10 Å². The molecule has 176 valence electrons. The lowest BCUT2D eigenvalue weighted by atomic mass is 10.0. The van der Waals surface area contributed by atoms with Gasteiger partial charge in [0, 0.05) is 22.9 Å². The Morgan fingerprint density at radius 1 is 0.833 bits per heavy atom. The predicted octanol–water partition coefficient (Wildman–Crippen LogP) is 5.14. The van der Waals surface area contributed by atoms with E-state index >= 15 is 0 Å². The summed E-state index contributed by atoms with van der Waals surface area (Å²) in [6.45, 7) is 6.17. The molecule has 6 aromatic rings. The normalized spacial score (nSPS) is 12.0. The second kappa shape index (κ2) is 8.70. The van der Waals surface area contributed by atoms with Gasteiger partial charge in [0.25, 0.3) is 5.56 Å². The Kier molecular flexibility index (Phi) is 5.34. The van der Waals surface area contributed by atoms with Gasteiger partial charge in [-0.2, -0.15) is 14.6 Å². The number of fused-ring (bicyclic) bond motifs is 1. The van der Waals surface area contributed by atoms with Crippen LogP contribution in [0.1, 0.15) is 22.3 Å². The first-order chi connectivity index (χ1) is 17.5. The fourth-order valence-electron chi connectivity index (χ4n) is 4.32. The van der Waals surface area contributed by atoms with Gasteiger partial charge < -0.3 is 0 Å². The number of rotatable bonds is 4. The number of hydrogen-bond donors (Lipinski definition) is 0. The van der Waals surface area contributed by atoms with Gasteiger partial charge in [0.05, 0.1) is 10.2 Å². The van der Waals surface area contributed by atoms with Gasteiger partial charge in [-0.1, -0.05) is 71.5 Å². The van der Waals surface area contributed by atoms with Gasteiger partial charge in [-0.05, 0) is 56.2 Å². The molecule has 0 atom stereocenters. The van der Waals surface area contributed by atoms with Crippen molar-refractivity contribution in [2.24, 2.45) is 0 Å². The highest BCUT2D eigenvalue weighted by molar-refractivity contribution is 7.15. The molecular formula is C29H23N5OS. The molecule has 7 heteroatoms. The molecule has 0 N–H and O–H groups in total. The molecule has 3 aromatic carbocycles. The maximum atomic E-state index is 13.3. The van der Waals surface area contributed by atoms with Crippen molar-refractivity contribution in [1.29, 1.82) is 0 Å². The lowest BCUT2D eigenvalue weighted by molar-refractivity contribution is 0.884. The van der Waals surface area contributed by atoms with Crippen LogP contribution in [0.2, 0.25) is 0 Å². The average Bonchev–Trinajstić information content (AvgIpc) is 3.57. The second-order valence-electron chi connectivity index (χ2n) is 8.89. The molecule has 0 aliphatic rings. The van der Waals surface area contributed by atoms with E-state index in [2.05, 4.69) is 42.1 Å². The predicted molar refractivity (Wildman–Crippen MR) is 145 cm³/mol. The molecule has 0 radical (unpaired) electrons. The minimum Gasteiger partial charge on any atom is -0.266 e. The van der Waals surface area contributed by atoms with Gasteiger partial charge in [0.15, 0.2) is 5.82 Å². The van der Waals surface area contributed by atoms with Gasteiger partial charge in [-0.3, -0.25) is 4.79 Å². The molecule has 0 fully saturated rings. The van der Waals surface area contributed by atoms with Crippen molar-refractivity contribution in [3.63, 3.8) is 0 Å². The van der Waals surface area contributed by atoms with E-state index in [0.717, 1.165) is 44.8 Å². The summed E-state index contributed by atoms with van der Waals surface area (Å²) in [5.41, 5.74) is 7.81. The van der Waals surface area contributed by atoms with Crippen LogP contribution in [0.4, 0.5) is 0 Å². The van der Waals surface area contributed by atoms with Crippen molar-refractivity contribution in [3.8, 4) is 28.3 Å². The smallest absolute Gasteiger partial charge is 0.266 e. The molecular weight excluding hydrogens is 466 g/mol. The fraction of sp³-hybridized carbons (Fsp3) is 0.103. The number of para-hydroxylation sites is 1. The van der Waals surface area contributed by atoms with E-state index in [1.54, 1.807) is 0 Å². The largest absolute Gasteiger partial charge is 0.291 e. The van der Waals surface area contributed by atoms with E-state index in [0.29, 0.717) is 15.3 Å². The topological polar surface area (TPSA) is 65.1 Å². The van der Waals surface area contributed by atoms with E-state index in [1.165, 1.54) is 15.9 Å². The van der Waals surface area contributed by atoms with Crippen molar-refractivity contribution in [1.82, 2.24) is 24.4 Å². The summed E-state index contributed by atoms with van der Waals surface area (Å²) in [5.74, 6) is 0.566. The van der Waals surface area contributed by atoms with E-state index in [9.17, 15) is 4.79 Å². The Hall–Kier alpha value is -4.36. The van der Waals surface area contributed by atoms with Gasteiger partial charge in [0.1, 0.15) is 5.69 Å². The summed E-state index contributed by atoms with van der Waals surface area (Å²) in [6, 6.07) is 24.2. The van der Waals surface area contributed by atoms with Crippen LogP contribution in [-0.2, 0) is 0 Å². The highest BCUT2D eigenvalue weighted by Gasteiger charge is 2.16. The third kappa shape index (κ3) is 3.83. The summed E-state index contributed by atoms with van der Waals surface area (Å²) in [5, 5.41) is 9.46. The Bertz CT molecular complexity index is 1850. The SMILES string of the molecule is Cc1ccc(C)c(-c2nn(-c3ccccc3)cc2C=c2sc3nc(-c4ccccc4C)nn3c2=O)c1. The van der Waals surface area contributed by atoms with Crippen LogP contribution in [0, 0.1) is 20.8 Å². The van der Waals surface area contributed by atoms with Gasteiger partial charge in [0.2, 0.25) is 4.96 Å². The van der Waals surface area contributed by atoms with E-state index in [-0.39, 0.29) is 5.56 Å². The van der Waals surface area contributed by atoms with Crippen molar-refractivity contribution >= 4 is 22.4 Å². The number of thiazole rings is 1. The maximum Gasteiger partial charge on any atom is 0.291 e. The molecule has 0 saturated heterocycles. The first-order valence-electron chi connectivity index (χ1n) is 11.7. The fourth-order valence-corrected chi connectivity index (χ4v) is 5.22. The van der Waals surface area contributed by atoms with Crippen molar-refractivity contribution in [2.45, 2.75) is 20.8 Å². The van der Waals surface area contributed by atoms with Crippen LogP contribution < -0.4 is 10.1 Å². The first kappa shape index (κ1) is 22.1. The number of hydrogen-bond acceptors (Lipinski definition) is 5. The van der Waals surface area contributed by atoms with Gasteiger partial charge >= 0.3 is 0 Å². The molecule has 0 amide bonds. The van der Waals surface area contributed by atoms with Crippen molar-refractivity contribution < 1.29 is 0 Å². The quantitative estimate of drug-likeness (QED) is 0.344. The number of aromatic nitrogens is 5. The second-order valence-corrected chi connectivity index (χ2v) is 9.90. The Morgan fingerprint density at radius 3 is 2.36 bits per heavy atom. The van der Waals surface area contributed by atoms with Crippen LogP contribution in [0.15, 0.2) is 83.8 Å². The van der Waals surface area contributed by atoms with Gasteiger partial charge in [-0.15, -0.1) is 5.10 Å². The number of benzene rings is 3. The van der Waals surface area contributed by atoms with E-state index in [1.807, 2.05) is 78.5 Å². The summed E-state index contributed by atoms with van der Waals surface area (Å²) in [7, 11) is 0. The minimum absolute atomic E-state index is 0.179. The van der Waals surface area contributed by atoms with Crippen molar-refractivity contribution in [2.75, 3.05) is 0 Å². The monoisotopic (exact) mass is 489 g/mol. The molecule has 3 aromatic heterocycles. The Balaban J connectivity index is 1.52. The van der Waals surface area contributed by atoms with Crippen LogP contribution in [-0.4, -0.2) is 24.4 Å². The zero-order chi connectivity index (χ0) is 24.8. The minimum atomic E-state index is -0.179. The molecule has 6 nitrogen and oxygen atoms in total. The summed E-state index contributed by atoms with van der Waals surface area (Å²) in [6.07, 6.45) is 3.88. The first-order valence-corrected chi connectivity index (χ1v) is 12.5. The molecule has 0 aliphatic heterocycles. The average molecular weight is 490 g/mol. The molecule has 0 spiro atoms. The molecule has 0 bridgehead atoms. The molecule has 0 aliphatic carbocycles. The van der Waals surface area contributed by atoms with E-state index < -0.39 is 0 Å². The van der Waals surface area contributed by atoms with Crippen LogP contribution in [0.25, 0.3) is 39.4 Å². The number of aryl methyl sites for hydroxylation is 3.